The summed E-state index contributed by atoms with van der Waals surface area (Å²) in [6, 6.07) is 0. The third-order valence-corrected chi connectivity index (χ3v) is 3.70. The zero-order valence-electron chi connectivity index (χ0n) is 13.8. The second kappa shape index (κ2) is 13.8. The Labute approximate surface area is 136 Å². The van der Waals surface area contributed by atoms with Crippen molar-refractivity contribution in [3.8, 4) is 0 Å². The number of hydrogen-bond acceptors (Lipinski definition) is 7. The van der Waals surface area contributed by atoms with E-state index in [-0.39, 0.29) is 50.7 Å². The molecule has 1 N–H and O–H groups in total. The van der Waals surface area contributed by atoms with Gasteiger partial charge < -0.3 is 23.8 Å². The first-order valence-electron chi connectivity index (χ1n) is 7.44. The van der Waals surface area contributed by atoms with Crippen LogP contribution in [0.1, 0.15) is 26.7 Å². The van der Waals surface area contributed by atoms with Gasteiger partial charge in [0.1, 0.15) is 24.3 Å². The molecule has 0 saturated carbocycles. The van der Waals surface area contributed by atoms with Gasteiger partial charge in [-0.3, -0.25) is 14.2 Å². The Bertz CT molecular complexity index is 353. The quantitative estimate of drug-likeness (QED) is 0.325. The van der Waals surface area contributed by atoms with E-state index in [0.29, 0.717) is 26.1 Å². The molecule has 0 heterocycles. The highest BCUT2D eigenvalue weighted by Crippen LogP contribution is 2.39. The molecule has 0 unspecified atom stereocenters. The number of carbonyl (C=O) groups is 2. The molecule has 0 aliphatic heterocycles. The average molecular weight is 354 g/mol. The summed E-state index contributed by atoms with van der Waals surface area (Å²) >= 11 is 0. The van der Waals surface area contributed by atoms with E-state index >= 15 is 0 Å². The SMILES string of the molecule is CC(=O)CCOCCOCP(=O)(O)COCCOCCC(C)=O. The van der Waals surface area contributed by atoms with Crippen LogP contribution in [0.15, 0.2) is 0 Å². The lowest BCUT2D eigenvalue weighted by Crippen LogP contribution is -2.11. The number of hydrogen-bond donors (Lipinski definition) is 1. The van der Waals surface area contributed by atoms with Crippen LogP contribution in [0.4, 0.5) is 0 Å². The van der Waals surface area contributed by atoms with Gasteiger partial charge in [0.15, 0.2) is 0 Å². The van der Waals surface area contributed by atoms with Crippen LogP contribution in [0, 0.1) is 0 Å². The zero-order chi connectivity index (χ0) is 17.6. The normalized spacial score (nSPS) is 11.6. The highest BCUT2D eigenvalue weighted by atomic mass is 31.2. The molecule has 23 heavy (non-hydrogen) atoms. The van der Waals surface area contributed by atoms with Crippen molar-refractivity contribution in [3.63, 3.8) is 0 Å². The van der Waals surface area contributed by atoms with Crippen molar-refractivity contribution in [2.75, 3.05) is 52.3 Å². The molecule has 0 aliphatic carbocycles. The molecule has 8 nitrogen and oxygen atoms in total. The van der Waals surface area contributed by atoms with Crippen LogP contribution in [0.5, 0.6) is 0 Å². The van der Waals surface area contributed by atoms with Crippen LogP contribution >= 0.6 is 7.37 Å². The molecule has 0 rings (SSSR count). The highest BCUT2D eigenvalue weighted by molar-refractivity contribution is 7.57. The predicted octanol–water partition coefficient (Wildman–Crippen LogP) is 1.20. The number of carbonyl (C=O) groups excluding carboxylic acids is 2. The molecule has 9 heteroatoms. The second-order valence-electron chi connectivity index (χ2n) is 5.05. The first kappa shape index (κ1) is 22.4. The van der Waals surface area contributed by atoms with Gasteiger partial charge in [-0.15, -0.1) is 0 Å². The third-order valence-electron chi connectivity index (χ3n) is 2.53. The van der Waals surface area contributed by atoms with Gasteiger partial charge in [0, 0.05) is 12.8 Å². The van der Waals surface area contributed by atoms with Gasteiger partial charge >= 0.3 is 0 Å². The summed E-state index contributed by atoms with van der Waals surface area (Å²) in [4.78, 5) is 30.9. The van der Waals surface area contributed by atoms with E-state index in [1.54, 1.807) is 0 Å². The molecule has 0 saturated heterocycles. The summed E-state index contributed by atoms with van der Waals surface area (Å²) in [7, 11) is -3.50. The maximum Gasteiger partial charge on any atom is 0.250 e. The van der Waals surface area contributed by atoms with Gasteiger partial charge in [-0.1, -0.05) is 0 Å². The summed E-state index contributed by atoms with van der Waals surface area (Å²) in [5, 5.41) is 0. The van der Waals surface area contributed by atoms with E-state index in [1.807, 2.05) is 0 Å². The summed E-state index contributed by atoms with van der Waals surface area (Å²) in [6.45, 7) is 4.49. The highest BCUT2D eigenvalue weighted by Gasteiger charge is 2.18. The maximum atomic E-state index is 11.7. The fourth-order valence-corrected chi connectivity index (χ4v) is 2.23. The maximum absolute atomic E-state index is 11.7. The monoisotopic (exact) mass is 354 g/mol. The largest absolute Gasteiger partial charge is 0.379 e. The molecule has 0 radical (unpaired) electrons. The molecule has 0 bridgehead atoms. The Morgan fingerprint density at radius 3 is 1.43 bits per heavy atom. The fourth-order valence-electron chi connectivity index (χ4n) is 1.32. The molecule has 0 aliphatic rings. The van der Waals surface area contributed by atoms with Crippen molar-refractivity contribution in [2.45, 2.75) is 26.7 Å². The third kappa shape index (κ3) is 17.6. The van der Waals surface area contributed by atoms with Gasteiger partial charge in [0.25, 0.3) is 0 Å². The molecule has 0 atom stereocenters. The minimum Gasteiger partial charge on any atom is -0.379 e. The number of ketones is 2. The Kier molecular flexibility index (Phi) is 13.4. The Morgan fingerprint density at radius 1 is 0.739 bits per heavy atom. The lowest BCUT2D eigenvalue weighted by molar-refractivity contribution is -0.119. The average Bonchev–Trinajstić information content (AvgIpc) is 2.44. The van der Waals surface area contributed by atoms with Crippen LogP contribution in [-0.2, 0) is 33.1 Å². The predicted molar refractivity (Wildman–Crippen MR) is 83.7 cm³/mol. The van der Waals surface area contributed by atoms with E-state index in [4.69, 9.17) is 18.9 Å². The standard InChI is InChI=1S/C14H27O8P/c1-13(15)3-5-19-7-9-21-11-23(17,18)12-22-10-8-20-6-4-14(2)16/h3-12H2,1-2H3,(H,17,18). The van der Waals surface area contributed by atoms with Gasteiger partial charge in [0.2, 0.25) is 7.37 Å². The number of rotatable bonds is 16. The molecule has 136 valence electrons. The van der Waals surface area contributed by atoms with Crippen LogP contribution in [0.25, 0.3) is 0 Å². The minimum atomic E-state index is -3.50. The van der Waals surface area contributed by atoms with Crippen molar-refractivity contribution in [3.05, 3.63) is 0 Å². The van der Waals surface area contributed by atoms with Crippen LogP contribution < -0.4 is 0 Å². The molecule has 0 amide bonds. The zero-order valence-corrected chi connectivity index (χ0v) is 14.7. The Morgan fingerprint density at radius 2 is 1.09 bits per heavy atom. The van der Waals surface area contributed by atoms with Crippen molar-refractivity contribution >= 4 is 18.9 Å². The fraction of sp³-hybridized carbons (Fsp3) is 0.857. The first-order chi connectivity index (χ1) is 10.8. The van der Waals surface area contributed by atoms with Gasteiger partial charge in [-0.05, 0) is 13.8 Å². The summed E-state index contributed by atoms with van der Waals surface area (Å²) in [6.07, 6.45) is 0.0736. The molecule has 0 aromatic carbocycles. The van der Waals surface area contributed by atoms with E-state index < -0.39 is 7.37 Å². The smallest absolute Gasteiger partial charge is 0.250 e. The van der Waals surface area contributed by atoms with Crippen LogP contribution in [-0.4, -0.2) is 68.8 Å². The van der Waals surface area contributed by atoms with E-state index in [9.17, 15) is 19.0 Å². The summed E-state index contributed by atoms with van der Waals surface area (Å²) in [5.74, 6) is 0.0985. The van der Waals surface area contributed by atoms with Crippen molar-refractivity contribution in [1.29, 1.82) is 0 Å². The Balaban J connectivity index is 3.45. The summed E-state index contributed by atoms with van der Waals surface area (Å²) < 4.78 is 32.1. The van der Waals surface area contributed by atoms with E-state index in [2.05, 4.69) is 0 Å². The van der Waals surface area contributed by atoms with E-state index in [1.165, 1.54) is 13.8 Å². The molecule has 0 aromatic rings. The minimum absolute atomic E-state index is 0.0493. The molecule has 0 fully saturated rings. The van der Waals surface area contributed by atoms with Gasteiger partial charge in [0.05, 0.1) is 39.6 Å². The van der Waals surface area contributed by atoms with Crippen molar-refractivity contribution in [2.24, 2.45) is 0 Å². The lowest BCUT2D eigenvalue weighted by Gasteiger charge is -2.12. The van der Waals surface area contributed by atoms with E-state index in [0.717, 1.165) is 0 Å². The Hall–Kier alpha value is -0.630. The van der Waals surface area contributed by atoms with Crippen LogP contribution in [0.3, 0.4) is 0 Å². The topological polar surface area (TPSA) is 108 Å². The molecule has 0 spiro atoms. The second-order valence-corrected chi connectivity index (χ2v) is 7.26. The van der Waals surface area contributed by atoms with Crippen molar-refractivity contribution < 1.29 is 38.0 Å². The lowest BCUT2D eigenvalue weighted by atomic mass is 10.3. The summed E-state index contributed by atoms with van der Waals surface area (Å²) in [5.41, 5.74) is 0. The van der Waals surface area contributed by atoms with Gasteiger partial charge in [-0.2, -0.15) is 0 Å². The van der Waals surface area contributed by atoms with Gasteiger partial charge in [-0.25, -0.2) is 0 Å². The molecular formula is C14H27O8P. The number of Topliss-reactive ketones (excluding diaryl/α,β-unsaturated/α-hetero) is 2. The van der Waals surface area contributed by atoms with Crippen molar-refractivity contribution in [1.82, 2.24) is 0 Å². The molecular weight excluding hydrogens is 327 g/mol. The van der Waals surface area contributed by atoms with Crippen LogP contribution in [0.2, 0.25) is 0 Å². The first-order valence-corrected chi connectivity index (χ1v) is 9.47. The number of ether oxygens (including phenoxy) is 4. The molecule has 0 aromatic heterocycles.